The number of carbonyl (C=O) groups is 1. The van der Waals surface area contributed by atoms with E-state index in [4.69, 9.17) is 4.98 Å². The number of thioether (sulfide) groups is 1. The largest absolute Gasteiger partial charge is 0.352 e. The van der Waals surface area contributed by atoms with Crippen molar-refractivity contribution in [2.45, 2.75) is 31.5 Å². The van der Waals surface area contributed by atoms with Crippen LogP contribution in [0.3, 0.4) is 0 Å². The maximum atomic E-state index is 12.3. The van der Waals surface area contributed by atoms with Gasteiger partial charge in [-0.1, -0.05) is 88.4 Å². The molecule has 1 heterocycles. The molecule has 0 aliphatic heterocycles. The van der Waals surface area contributed by atoms with Gasteiger partial charge in [0.2, 0.25) is 0 Å². The molecule has 0 bridgehead atoms. The number of halogens is 1. The fraction of sp³-hybridized carbons (Fsp3) is 0.214. The highest BCUT2D eigenvalue weighted by molar-refractivity contribution is 9.10. The number of amides is 1. The van der Waals surface area contributed by atoms with Gasteiger partial charge < -0.3 is 9.88 Å². The minimum Gasteiger partial charge on any atom is -0.352 e. The lowest BCUT2D eigenvalue weighted by Gasteiger charge is -2.11. The average Bonchev–Trinajstić information content (AvgIpc) is 3.26. The van der Waals surface area contributed by atoms with Crippen molar-refractivity contribution < 1.29 is 4.79 Å². The Labute approximate surface area is 213 Å². The molecule has 0 aliphatic carbocycles. The van der Waals surface area contributed by atoms with Crippen LogP contribution in [0.15, 0.2) is 94.6 Å². The summed E-state index contributed by atoms with van der Waals surface area (Å²) in [7, 11) is 0. The Kier molecular flexibility index (Phi) is 8.61. The van der Waals surface area contributed by atoms with E-state index in [-0.39, 0.29) is 5.91 Å². The van der Waals surface area contributed by atoms with Gasteiger partial charge in [0.05, 0.1) is 11.4 Å². The second-order valence-electron chi connectivity index (χ2n) is 7.89. The Morgan fingerprint density at radius 1 is 0.912 bits per heavy atom. The van der Waals surface area contributed by atoms with Crippen LogP contribution in [0.5, 0.6) is 0 Å². The Morgan fingerprint density at radius 2 is 1.56 bits per heavy atom. The summed E-state index contributed by atoms with van der Waals surface area (Å²) in [6, 6.07) is 28.3. The number of unbranched alkanes of at least 4 members (excludes halogenated alkanes) is 1. The fourth-order valence-electron chi connectivity index (χ4n) is 3.82. The molecule has 34 heavy (non-hydrogen) atoms. The van der Waals surface area contributed by atoms with E-state index >= 15 is 0 Å². The summed E-state index contributed by atoms with van der Waals surface area (Å²) in [5.41, 5.74) is 5.19. The van der Waals surface area contributed by atoms with Crippen LogP contribution >= 0.6 is 27.7 Å². The topological polar surface area (TPSA) is 46.9 Å². The van der Waals surface area contributed by atoms with Gasteiger partial charge in [-0.3, -0.25) is 4.79 Å². The first-order valence-electron chi connectivity index (χ1n) is 11.5. The summed E-state index contributed by atoms with van der Waals surface area (Å²) in [4.78, 5) is 17.3. The second kappa shape index (κ2) is 12.0. The fourth-order valence-corrected chi connectivity index (χ4v) is 5.15. The molecule has 0 aliphatic rings. The molecule has 4 aromatic rings. The number of imidazole rings is 1. The molecule has 1 aromatic heterocycles. The number of nitrogens with zero attached hydrogens (tertiary/aromatic N) is 2. The Balaban J connectivity index is 1.40. The van der Waals surface area contributed by atoms with Crippen LogP contribution in [0.25, 0.3) is 22.5 Å². The summed E-state index contributed by atoms with van der Waals surface area (Å²) >= 11 is 5.18. The van der Waals surface area contributed by atoms with Gasteiger partial charge in [-0.05, 0) is 44.0 Å². The van der Waals surface area contributed by atoms with Gasteiger partial charge in [0.25, 0.3) is 5.91 Å². The Hall–Kier alpha value is -2.83. The van der Waals surface area contributed by atoms with Gasteiger partial charge in [-0.25, -0.2) is 4.98 Å². The van der Waals surface area contributed by atoms with E-state index in [2.05, 4.69) is 81.3 Å². The van der Waals surface area contributed by atoms with Gasteiger partial charge in [0, 0.05) is 40.0 Å². The monoisotopic (exact) mass is 533 g/mol. The Morgan fingerprint density at radius 3 is 2.21 bits per heavy atom. The first kappa shape index (κ1) is 24.3. The third-order valence-electron chi connectivity index (χ3n) is 5.54. The molecule has 0 spiro atoms. The number of benzene rings is 3. The summed E-state index contributed by atoms with van der Waals surface area (Å²) in [5, 5.41) is 4.05. The van der Waals surface area contributed by atoms with Crippen molar-refractivity contribution in [3.8, 4) is 22.5 Å². The number of hydrogen-bond acceptors (Lipinski definition) is 3. The molecule has 0 unspecified atom stereocenters. The first-order chi connectivity index (χ1) is 16.7. The van der Waals surface area contributed by atoms with Crippen molar-refractivity contribution in [3.63, 3.8) is 0 Å². The lowest BCUT2D eigenvalue weighted by atomic mass is 10.0. The van der Waals surface area contributed by atoms with Crippen LogP contribution < -0.4 is 5.32 Å². The molecule has 3 aromatic carbocycles. The molecule has 0 atom stereocenters. The van der Waals surface area contributed by atoms with Gasteiger partial charge in [0.15, 0.2) is 5.16 Å². The zero-order valence-corrected chi connectivity index (χ0v) is 21.6. The van der Waals surface area contributed by atoms with Crippen LogP contribution in [0.2, 0.25) is 0 Å². The predicted molar refractivity (Wildman–Crippen MR) is 145 cm³/mol. The lowest BCUT2D eigenvalue weighted by Crippen LogP contribution is -2.24. The van der Waals surface area contributed by atoms with E-state index in [9.17, 15) is 4.79 Å². The maximum absolute atomic E-state index is 12.3. The van der Waals surface area contributed by atoms with E-state index in [0.717, 1.165) is 46.0 Å². The smallest absolute Gasteiger partial charge is 0.251 e. The van der Waals surface area contributed by atoms with Crippen molar-refractivity contribution in [1.82, 2.24) is 14.9 Å². The van der Waals surface area contributed by atoms with Crippen molar-refractivity contribution in [3.05, 3.63) is 95.0 Å². The average molecular weight is 535 g/mol. The molecule has 4 nitrogen and oxygen atoms in total. The molecule has 0 saturated carbocycles. The van der Waals surface area contributed by atoms with Crippen molar-refractivity contribution in [1.29, 1.82) is 0 Å². The molecule has 0 radical (unpaired) electrons. The van der Waals surface area contributed by atoms with E-state index in [1.165, 1.54) is 11.3 Å². The quantitative estimate of drug-likeness (QED) is 0.172. The summed E-state index contributed by atoms with van der Waals surface area (Å²) in [5.74, 6) is 0.926. The highest BCUT2D eigenvalue weighted by Gasteiger charge is 2.19. The highest BCUT2D eigenvalue weighted by atomic mass is 79.9. The summed E-state index contributed by atoms with van der Waals surface area (Å²) < 4.78 is 3.29. The molecule has 1 amide bonds. The minimum absolute atomic E-state index is 0.0262. The van der Waals surface area contributed by atoms with Crippen LogP contribution in [-0.4, -0.2) is 27.8 Å². The van der Waals surface area contributed by atoms with Crippen LogP contribution in [-0.2, 0) is 6.54 Å². The predicted octanol–water partition coefficient (Wildman–Crippen LogP) is 7.30. The van der Waals surface area contributed by atoms with Crippen molar-refractivity contribution >= 4 is 33.6 Å². The molecular weight excluding hydrogens is 506 g/mol. The number of hydrogen-bond donors (Lipinski definition) is 1. The van der Waals surface area contributed by atoms with Crippen molar-refractivity contribution in [2.75, 3.05) is 12.3 Å². The molecule has 0 fully saturated rings. The van der Waals surface area contributed by atoms with Gasteiger partial charge >= 0.3 is 0 Å². The summed E-state index contributed by atoms with van der Waals surface area (Å²) in [6.45, 7) is 3.70. The summed E-state index contributed by atoms with van der Waals surface area (Å²) in [6.07, 6.45) is 1.93. The number of aromatic nitrogens is 2. The molecular formula is C28H28BrN3OS. The second-order valence-corrected chi connectivity index (χ2v) is 9.86. The maximum Gasteiger partial charge on any atom is 0.251 e. The highest BCUT2D eigenvalue weighted by Crippen LogP contribution is 2.36. The molecule has 0 saturated heterocycles. The van der Waals surface area contributed by atoms with Crippen molar-refractivity contribution in [2.24, 2.45) is 0 Å². The molecule has 174 valence electrons. The van der Waals surface area contributed by atoms with Gasteiger partial charge in [-0.2, -0.15) is 0 Å². The van der Waals surface area contributed by atoms with Gasteiger partial charge in [0.1, 0.15) is 0 Å². The zero-order chi connectivity index (χ0) is 23.8. The number of rotatable bonds is 10. The SMILES string of the molecule is CCn1c(SCCCCNC(=O)c2ccc(Br)cc2)nc(-c2ccccc2)c1-c1ccccc1. The zero-order valence-electron chi connectivity index (χ0n) is 19.2. The number of nitrogens with one attached hydrogen (secondary N) is 1. The normalized spacial score (nSPS) is 10.9. The lowest BCUT2D eigenvalue weighted by molar-refractivity contribution is 0.0953. The van der Waals surface area contributed by atoms with Crippen LogP contribution in [0.4, 0.5) is 0 Å². The van der Waals surface area contributed by atoms with Gasteiger partial charge in [-0.15, -0.1) is 0 Å². The van der Waals surface area contributed by atoms with E-state index < -0.39 is 0 Å². The third kappa shape index (κ3) is 5.99. The molecule has 6 heteroatoms. The Bertz CT molecular complexity index is 1210. The third-order valence-corrected chi connectivity index (χ3v) is 7.13. The van der Waals surface area contributed by atoms with E-state index in [1.54, 1.807) is 11.8 Å². The van der Waals surface area contributed by atoms with Crippen LogP contribution in [0, 0.1) is 0 Å². The van der Waals surface area contributed by atoms with E-state index in [0.29, 0.717) is 12.1 Å². The number of carbonyl (C=O) groups excluding carboxylic acids is 1. The first-order valence-corrected chi connectivity index (χ1v) is 13.3. The molecule has 4 rings (SSSR count). The molecule has 1 N–H and O–H groups in total. The minimum atomic E-state index is -0.0262. The van der Waals surface area contributed by atoms with E-state index in [1.807, 2.05) is 36.4 Å². The standard InChI is InChI=1S/C28H28BrN3OS/c1-2-32-26(22-13-7-4-8-14-22)25(21-11-5-3-6-12-21)31-28(32)34-20-10-9-19-30-27(33)23-15-17-24(29)18-16-23/h3-8,11-18H,2,9-10,19-20H2,1H3,(H,30,33). The van der Waals surface area contributed by atoms with Crippen LogP contribution in [0.1, 0.15) is 30.1 Å².